The minimum atomic E-state index is -3.42. The normalized spacial score (nSPS) is 16.3. The fraction of sp³-hybridized carbons (Fsp3) is 0.292. The van der Waals surface area contributed by atoms with Gasteiger partial charge in [-0.1, -0.05) is 30.3 Å². The molecule has 5 rings (SSSR count). The van der Waals surface area contributed by atoms with Gasteiger partial charge < -0.3 is 19.4 Å². The van der Waals surface area contributed by atoms with Gasteiger partial charge in [0.15, 0.2) is 9.84 Å². The number of aromatic nitrogens is 2. The number of sulfone groups is 1. The quantitative estimate of drug-likeness (QED) is 0.440. The van der Waals surface area contributed by atoms with Gasteiger partial charge in [-0.2, -0.15) is 0 Å². The molecule has 1 unspecified atom stereocenters. The number of nitrogens with zero attached hydrogens (tertiary/aromatic N) is 2. The Labute approximate surface area is 192 Å². The molecule has 0 bridgehead atoms. The van der Waals surface area contributed by atoms with E-state index in [9.17, 15) is 18.5 Å². The second kappa shape index (κ2) is 8.57. The molecule has 4 aromatic rings. The maximum Gasteiger partial charge on any atom is 0.490 e. The molecule has 0 saturated carbocycles. The first-order chi connectivity index (χ1) is 15.8. The molecule has 2 N–H and O–H groups in total. The van der Waals surface area contributed by atoms with Gasteiger partial charge in [-0.05, 0) is 48.6 Å². The van der Waals surface area contributed by atoms with E-state index in [0.717, 1.165) is 34.8 Å². The summed E-state index contributed by atoms with van der Waals surface area (Å²) in [6, 6.07) is 16.9. The van der Waals surface area contributed by atoms with Crippen LogP contribution in [0.4, 0.5) is 0 Å². The maximum absolute atomic E-state index is 12.4. The second-order valence-corrected chi connectivity index (χ2v) is 10.7. The van der Waals surface area contributed by atoms with Crippen molar-refractivity contribution < 1.29 is 23.2 Å². The average molecular weight is 464 g/mol. The summed E-state index contributed by atoms with van der Waals surface area (Å²) in [6.45, 7) is 1.33. The van der Waals surface area contributed by atoms with E-state index in [2.05, 4.69) is 21.7 Å². The van der Waals surface area contributed by atoms with Crippen molar-refractivity contribution >= 4 is 44.4 Å². The van der Waals surface area contributed by atoms with E-state index in [-0.39, 0.29) is 22.3 Å². The lowest BCUT2D eigenvalue weighted by Crippen LogP contribution is -2.31. The molecule has 170 valence electrons. The summed E-state index contributed by atoms with van der Waals surface area (Å²) in [6.07, 6.45) is 4.38. The molecule has 7 nitrogen and oxygen atoms in total. The summed E-state index contributed by atoms with van der Waals surface area (Å²) in [5, 5.41) is 20.5. The number of rotatable bonds is 5. The van der Waals surface area contributed by atoms with E-state index in [1.807, 2.05) is 18.2 Å². The lowest BCUT2D eigenvalue weighted by atomic mass is 9.81. The van der Waals surface area contributed by atoms with Gasteiger partial charge in [-0.25, -0.2) is 8.42 Å². The standard InChI is InChI=1S/C24H25BN2O5S/c1-33(30,31)19-7-8-20-21(14-19)27(22-13-18(25(28)29)15-26-23(20)22)24(16-5-3-2-4-6-16)17-9-11-32-12-10-17/h2-8,13-15,17,24,28-29H,9-12H2,1H3. The smallest absolute Gasteiger partial charge is 0.423 e. The summed E-state index contributed by atoms with van der Waals surface area (Å²) in [5.41, 5.74) is 3.57. The van der Waals surface area contributed by atoms with Gasteiger partial charge in [0, 0.05) is 36.5 Å². The van der Waals surface area contributed by atoms with Crippen LogP contribution in [0.15, 0.2) is 65.7 Å². The SMILES string of the molecule is CS(=O)(=O)c1ccc2c3ncc(B(O)O)cc3n(C(c3ccccc3)C3CCOCC3)c2c1. The Morgan fingerprint density at radius 3 is 2.45 bits per heavy atom. The molecule has 0 aliphatic carbocycles. The van der Waals surface area contributed by atoms with Crippen LogP contribution in [-0.4, -0.2) is 54.6 Å². The average Bonchev–Trinajstić information content (AvgIpc) is 3.13. The summed E-state index contributed by atoms with van der Waals surface area (Å²) >= 11 is 0. The molecule has 1 aliphatic rings. The lowest BCUT2D eigenvalue weighted by molar-refractivity contribution is 0.0553. The molecule has 1 atom stereocenters. The van der Waals surface area contributed by atoms with E-state index in [4.69, 9.17) is 4.74 Å². The molecule has 1 fully saturated rings. The van der Waals surface area contributed by atoms with Gasteiger partial charge in [0.2, 0.25) is 0 Å². The van der Waals surface area contributed by atoms with Crippen molar-refractivity contribution in [3.8, 4) is 0 Å². The summed E-state index contributed by atoms with van der Waals surface area (Å²) < 4.78 is 32.5. The largest absolute Gasteiger partial charge is 0.490 e. The van der Waals surface area contributed by atoms with Gasteiger partial charge in [0.25, 0.3) is 0 Å². The first-order valence-corrected chi connectivity index (χ1v) is 12.9. The summed E-state index contributed by atoms with van der Waals surface area (Å²) in [5.74, 6) is 0.254. The number of hydrogen-bond donors (Lipinski definition) is 2. The fourth-order valence-electron chi connectivity index (χ4n) is 4.89. The molecule has 1 aliphatic heterocycles. The molecule has 9 heteroatoms. The Morgan fingerprint density at radius 1 is 1.06 bits per heavy atom. The molecular weight excluding hydrogens is 439 g/mol. The van der Waals surface area contributed by atoms with E-state index in [1.165, 1.54) is 12.5 Å². The molecule has 2 aromatic carbocycles. The Morgan fingerprint density at radius 2 is 1.79 bits per heavy atom. The number of fused-ring (bicyclic) bond motifs is 3. The van der Waals surface area contributed by atoms with Gasteiger partial charge in [-0.3, -0.25) is 4.98 Å². The number of pyridine rings is 1. The van der Waals surface area contributed by atoms with Crippen LogP contribution in [0.25, 0.3) is 21.9 Å². The van der Waals surface area contributed by atoms with Crippen LogP contribution in [0.3, 0.4) is 0 Å². The minimum Gasteiger partial charge on any atom is -0.423 e. The van der Waals surface area contributed by atoms with Crippen LogP contribution in [0.2, 0.25) is 0 Å². The van der Waals surface area contributed by atoms with Crippen LogP contribution in [0.5, 0.6) is 0 Å². The van der Waals surface area contributed by atoms with Crippen molar-refractivity contribution in [1.82, 2.24) is 9.55 Å². The second-order valence-electron chi connectivity index (χ2n) is 8.64. The van der Waals surface area contributed by atoms with Gasteiger partial charge in [0.1, 0.15) is 0 Å². The number of hydrogen-bond acceptors (Lipinski definition) is 6. The Bertz CT molecular complexity index is 1410. The Hall–Kier alpha value is -2.72. The van der Waals surface area contributed by atoms with E-state index >= 15 is 0 Å². The highest BCUT2D eigenvalue weighted by molar-refractivity contribution is 7.90. The van der Waals surface area contributed by atoms with Crippen molar-refractivity contribution in [3.05, 3.63) is 66.4 Å². The third kappa shape index (κ3) is 4.06. The molecule has 33 heavy (non-hydrogen) atoms. The van der Waals surface area contributed by atoms with Crippen molar-refractivity contribution in [3.63, 3.8) is 0 Å². The molecule has 0 radical (unpaired) electrons. The first-order valence-electron chi connectivity index (χ1n) is 11.0. The van der Waals surface area contributed by atoms with Crippen LogP contribution in [-0.2, 0) is 14.6 Å². The molecule has 2 aromatic heterocycles. The zero-order chi connectivity index (χ0) is 23.2. The van der Waals surface area contributed by atoms with E-state index in [0.29, 0.717) is 18.7 Å². The zero-order valence-corrected chi connectivity index (χ0v) is 19.1. The predicted octanol–water partition coefficient (Wildman–Crippen LogP) is 2.29. The van der Waals surface area contributed by atoms with Gasteiger partial charge in [-0.15, -0.1) is 0 Å². The minimum absolute atomic E-state index is 0.0993. The van der Waals surface area contributed by atoms with Crippen LogP contribution < -0.4 is 5.46 Å². The highest BCUT2D eigenvalue weighted by Gasteiger charge is 2.30. The number of benzene rings is 2. The van der Waals surface area contributed by atoms with Crippen LogP contribution >= 0.6 is 0 Å². The number of ether oxygens (including phenoxy) is 1. The summed E-state index contributed by atoms with van der Waals surface area (Å²) in [7, 11) is -5.07. The van der Waals surface area contributed by atoms with Crippen molar-refractivity contribution in [1.29, 1.82) is 0 Å². The topological polar surface area (TPSA) is 102 Å². The van der Waals surface area contributed by atoms with Crippen LogP contribution in [0.1, 0.15) is 24.4 Å². The molecular formula is C24H25BN2O5S. The maximum atomic E-state index is 12.4. The zero-order valence-electron chi connectivity index (χ0n) is 18.3. The van der Waals surface area contributed by atoms with Crippen LogP contribution in [0, 0.1) is 5.92 Å². The van der Waals surface area contributed by atoms with E-state index < -0.39 is 17.0 Å². The molecule has 0 amide bonds. The highest BCUT2D eigenvalue weighted by Crippen LogP contribution is 2.40. The Balaban J connectivity index is 1.87. The fourth-order valence-corrected chi connectivity index (χ4v) is 5.53. The molecule has 0 spiro atoms. The molecule has 1 saturated heterocycles. The summed E-state index contributed by atoms with van der Waals surface area (Å²) in [4.78, 5) is 4.79. The van der Waals surface area contributed by atoms with E-state index in [1.54, 1.807) is 24.3 Å². The van der Waals surface area contributed by atoms with Gasteiger partial charge >= 0.3 is 7.12 Å². The predicted molar refractivity (Wildman–Crippen MR) is 128 cm³/mol. The van der Waals surface area contributed by atoms with Crippen molar-refractivity contribution in [2.75, 3.05) is 19.5 Å². The van der Waals surface area contributed by atoms with Gasteiger partial charge in [0.05, 0.1) is 27.5 Å². The Kier molecular flexibility index (Phi) is 5.74. The monoisotopic (exact) mass is 464 g/mol. The molecule has 3 heterocycles. The first kappa shape index (κ1) is 22.1. The van der Waals surface area contributed by atoms with Crippen molar-refractivity contribution in [2.45, 2.75) is 23.8 Å². The third-order valence-corrected chi connectivity index (χ3v) is 7.60. The van der Waals surface area contributed by atoms with Crippen molar-refractivity contribution in [2.24, 2.45) is 5.92 Å². The lowest BCUT2D eigenvalue weighted by Gasteiger charge is -2.33. The third-order valence-electron chi connectivity index (χ3n) is 6.49. The highest BCUT2D eigenvalue weighted by atomic mass is 32.2.